The molecule has 1 fully saturated rings. The van der Waals surface area contributed by atoms with E-state index in [0.29, 0.717) is 36.8 Å². The molecule has 2 amide bonds. The molecule has 4 rings (SSSR count). The fourth-order valence-electron chi connectivity index (χ4n) is 3.68. The fraction of sp³-hybridized carbons (Fsp3) is 0.269. The van der Waals surface area contributed by atoms with Crippen molar-refractivity contribution in [3.05, 3.63) is 78.5 Å². The largest absolute Gasteiger partial charge is 0.438 e. The van der Waals surface area contributed by atoms with Crippen LogP contribution < -0.4 is 15.0 Å². The molecule has 176 valence electrons. The minimum absolute atomic E-state index is 0.0831. The lowest BCUT2D eigenvalue weighted by Crippen LogP contribution is -2.38. The van der Waals surface area contributed by atoms with Gasteiger partial charge in [-0.05, 0) is 55.5 Å². The van der Waals surface area contributed by atoms with E-state index in [1.54, 1.807) is 30.5 Å². The average molecular weight is 461 g/mol. The van der Waals surface area contributed by atoms with Crippen LogP contribution in [0.3, 0.4) is 0 Å². The summed E-state index contributed by atoms with van der Waals surface area (Å²) in [6, 6.07) is 20.2. The van der Waals surface area contributed by atoms with E-state index in [4.69, 9.17) is 9.47 Å². The minimum atomic E-state index is -0.320. The van der Waals surface area contributed by atoms with E-state index >= 15 is 0 Å². The maximum atomic E-state index is 13.2. The molecule has 8 heteroatoms. The van der Waals surface area contributed by atoms with Crippen LogP contribution >= 0.6 is 0 Å². The second-order valence-electron chi connectivity index (χ2n) is 7.79. The molecule has 1 saturated heterocycles. The number of nitrogens with zero attached hydrogens (tertiary/aromatic N) is 3. The number of benzene rings is 2. The number of carbonyl (C=O) groups is 2. The number of nitrogens with one attached hydrogen (secondary N) is 1. The number of amides is 2. The predicted octanol–water partition coefficient (Wildman–Crippen LogP) is 3.81. The van der Waals surface area contributed by atoms with E-state index in [2.05, 4.69) is 15.2 Å². The Morgan fingerprint density at radius 3 is 2.47 bits per heavy atom. The molecule has 34 heavy (non-hydrogen) atoms. The topological polar surface area (TPSA) is 84.0 Å². The first-order valence-electron chi connectivity index (χ1n) is 11.3. The maximum Gasteiger partial charge on any atom is 0.259 e. The van der Waals surface area contributed by atoms with Gasteiger partial charge < -0.3 is 24.6 Å². The number of likely N-dealkylation sites (N-methyl/N-ethyl adjacent to an activating group) is 1. The van der Waals surface area contributed by atoms with Crippen molar-refractivity contribution in [2.45, 2.75) is 6.92 Å². The number of pyridine rings is 1. The minimum Gasteiger partial charge on any atom is -0.438 e. The molecular formula is C26H28N4O4. The van der Waals surface area contributed by atoms with Crippen LogP contribution in [0.25, 0.3) is 0 Å². The fourth-order valence-corrected chi connectivity index (χ4v) is 3.68. The first-order chi connectivity index (χ1) is 16.6. The third-order valence-corrected chi connectivity index (χ3v) is 5.49. The Balaban J connectivity index is 1.39. The van der Waals surface area contributed by atoms with Crippen LogP contribution in [0.4, 0.5) is 11.4 Å². The summed E-state index contributed by atoms with van der Waals surface area (Å²) in [5.74, 6) is 0.191. The Kier molecular flexibility index (Phi) is 7.72. The number of hydrogen-bond donors (Lipinski definition) is 1. The summed E-state index contributed by atoms with van der Waals surface area (Å²) < 4.78 is 11.2. The molecule has 1 aromatic heterocycles. The molecule has 2 aromatic carbocycles. The van der Waals surface area contributed by atoms with Crippen LogP contribution in [-0.4, -0.2) is 61.1 Å². The predicted molar refractivity (Wildman–Crippen MR) is 130 cm³/mol. The van der Waals surface area contributed by atoms with Gasteiger partial charge in [0.1, 0.15) is 17.9 Å². The van der Waals surface area contributed by atoms with Crippen molar-refractivity contribution in [3.63, 3.8) is 0 Å². The van der Waals surface area contributed by atoms with E-state index in [1.165, 1.54) is 4.90 Å². The van der Waals surface area contributed by atoms with Gasteiger partial charge in [-0.2, -0.15) is 0 Å². The number of carbonyl (C=O) groups excluding carboxylic acids is 2. The molecule has 2 heterocycles. The Labute approximate surface area is 199 Å². The molecule has 0 bridgehead atoms. The number of para-hydroxylation sites is 1. The molecule has 0 radical (unpaired) electrons. The third kappa shape index (κ3) is 5.90. The molecule has 0 saturated carbocycles. The van der Waals surface area contributed by atoms with Crippen LogP contribution in [-0.2, 0) is 9.53 Å². The number of rotatable bonds is 8. The Hall–Kier alpha value is -3.91. The zero-order valence-corrected chi connectivity index (χ0v) is 19.1. The van der Waals surface area contributed by atoms with Gasteiger partial charge in [0.05, 0.1) is 13.2 Å². The van der Waals surface area contributed by atoms with Gasteiger partial charge in [-0.15, -0.1) is 0 Å². The Morgan fingerprint density at radius 2 is 1.76 bits per heavy atom. The van der Waals surface area contributed by atoms with Gasteiger partial charge in [0.2, 0.25) is 11.8 Å². The maximum absolute atomic E-state index is 13.2. The summed E-state index contributed by atoms with van der Waals surface area (Å²) in [7, 11) is 0. The van der Waals surface area contributed by atoms with E-state index in [1.807, 2.05) is 49.4 Å². The first kappa shape index (κ1) is 23.3. The number of ether oxygens (including phenoxy) is 2. The normalized spacial score (nSPS) is 13.3. The van der Waals surface area contributed by atoms with E-state index < -0.39 is 0 Å². The van der Waals surface area contributed by atoms with E-state index in [-0.39, 0.29) is 24.2 Å². The van der Waals surface area contributed by atoms with Gasteiger partial charge in [0.15, 0.2) is 0 Å². The van der Waals surface area contributed by atoms with Crippen molar-refractivity contribution >= 4 is 23.2 Å². The smallest absolute Gasteiger partial charge is 0.259 e. The SMILES string of the molecule is CCN(CC(=O)Nc1ccc(N2CCOCC2)cc1)C(=O)c1cccnc1Oc1ccccc1. The second-order valence-corrected chi connectivity index (χ2v) is 7.79. The summed E-state index contributed by atoms with van der Waals surface area (Å²) in [5, 5.41) is 2.87. The van der Waals surface area contributed by atoms with Crippen molar-refractivity contribution in [1.82, 2.24) is 9.88 Å². The average Bonchev–Trinajstić information content (AvgIpc) is 2.89. The van der Waals surface area contributed by atoms with Crippen molar-refractivity contribution in [2.75, 3.05) is 49.6 Å². The Morgan fingerprint density at radius 1 is 1.03 bits per heavy atom. The van der Waals surface area contributed by atoms with Crippen LogP contribution in [0, 0.1) is 0 Å². The summed E-state index contributed by atoms with van der Waals surface area (Å²) in [5.41, 5.74) is 2.07. The highest BCUT2D eigenvalue weighted by molar-refractivity contribution is 6.00. The summed E-state index contributed by atoms with van der Waals surface area (Å²) >= 11 is 0. The zero-order valence-electron chi connectivity index (χ0n) is 19.1. The summed E-state index contributed by atoms with van der Waals surface area (Å²) in [6.07, 6.45) is 1.57. The van der Waals surface area contributed by atoms with Gasteiger partial charge in [-0.25, -0.2) is 4.98 Å². The molecular weight excluding hydrogens is 432 g/mol. The highest BCUT2D eigenvalue weighted by atomic mass is 16.5. The van der Waals surface area contributed by atoms with Crippen molar-refractivity contribution in [3.8, 4) is 11.6 Å². The number of aromatic nitrogens is 1. The standard InChI is InChI=1S/C26H28N4O4/c1-2-29(26(32)23-9-6-14-27-25(23)34-22-7-4-3-5-8-22)19-24(31)28-20-10-12-21(13-11-20)30-15-17-33-18-16-30/h3-14H,2,15-19H2,1H3,(H,28,31). The lowest BCUT2D eigenvalue weighted by molar-refractivity contribution is -0.116. The highest BCUT2D eigenvalue weighted by Crippen LogP contribution is 2.24. The zero-order chi connectivity index (χ0) is 23.8. The highest BCUT2D eigenvalue weighted by Gasteiger charge is 2.22. The van der Waals surface area contributed by atoms with Crippen LogP contribution in [0.2, 0.25) is 0 Å². The molecule has 1 aliphatic heterocycles. The molecule has 8 nitrogen and oxygen atoms in total. The summed E-state index contributed by atoms with van der Waals surface area (Å²) in [4.78, 5) is 33.8. The molecule has 0 unspecified atom stereocenters. The van der Waals surface area contributed by atoms with Gasteiger partial charge >= 0.3 is 0 Å². The van der Waals surface area contributed by atoms with Crippen molar-refractivity contribution in [2.24, 2.45) is 0 Å². The molecule has 3 aromatic rings. The van der Waals surface area contributed by atoms with Gasteiger partial charge in [-0.3, -0.25) is 9.59 Å². The lowest BCUT2D eigenvalue weighted by atomic mass is 10.2. The van der Waals surface area contributed by atoms with E-state index in [9.17, 15) is 9.59 Å². The van der Waals surface area contributed by atoms with Crippen molar-refractivity contribution in [1.29, 1.82) is 0 Å². The molecule has 1 aliphatic rings. The number of hydrogen-bond acceptors (Lipinski definition) is 6. The van der Waals surface area contributed by atoms with Crippen LogP contribution in [0.15, 0.2) is 72.9 Å². The van der Waals surface area contributed by atoms with Crippen molar-refractivity contribution < 1.29 is 19.1 Å². The number of anilines is 2. The van der Waals surface area contributed by atoms with Gasteiger partial charge in [0.25, 0.3) is 5.91 Å². The first-order valence-corrected chi connectivity index (χ1v) is 11.3. The van der Waals surface area contributed by atoms with Gasteiger partial charge in [0, 0.05) is 37.2 Å². The van der Waals surface area contributed by atoms with Crippen LogP contribution in [0.1, 0.15) is 17.3 Å². The van der Waals surface area contributed by atoms with Gasteiger partial charge in [-0.1, -0.05) is 18.2 Å². The Bertz CT molecular complexity index is 1100. The van der Waals surface area contributed by atoms with Crippen LogP contribution in [0.5, 0.6) is 11.6 Å². The van der Waals surface area contributed by atoms with E-state index in [0.717, 1.165) is 18.8 Å². The molecule has 1 N–H and O–H groups in total. The molecule has 0 atom stereocenters. The summed E-state index contributed by atoms with van der Waals surface area (Å²) in [6.45, 7) is 5.24. The third-order valence-electron chi connectivity index (χ3n) is 5.49. The number of morpholine rings is 1. The monoisotopic (exact) mass is 460 g/mol. The second kappa shape index (κ2) is 11.3. The lowest BCUT2D eigenvalue weighted by Gasteiger charge is -2.29. The quantitative estimate of drug-likeness (QED) is 0.550. The molecule has 0 aliphatic carbocycles. The molecule has 0 spiro atoms.